The van der Waals surface area contributed by atoms with Crippen LogP contribution < -0.4 is 0 Å². The molecule has 24 heavy (non-hydrogen) atoms. The van der Waals surface area contributed by atoms with Crippen molar-refractivity contribution in [1.82, 2.24) is 14.7 Å². The van der Waals surface area contributed by atoms with Gasteiger partial charge in [-0.1, -0.05) is 24.3 Å². The number of aromatic nitrogens is 2. The maximum absolute atomic E-state index is 12.9. The number of amides is 1. The minimum atomic E-state index is -1.02. The Morgan fingerprint density at radius 3 is 2.58 bits per heavy atom. The van der Waals surface area contributed by atoms with Gasteiger partial charge >= 0.3 is 5.97 Å². The number of carbonyl (C=O) groups excluding carboxylic acids is 1. The van der Waals surface area contributed by atoms with E-state index < -0.39 is 12.0 Å². The fraction of sp³-hybridized carbons (Fsp3) is 0.389. The number of hydrogen-bond donors (Lipinski definition) is 1. The number of nitrogens with zero attached hydrogens (tertiary/aromatic N) is 3. The van der Waals surface area contributed by atoms with Crippen LogP contribution in [-0.2, 0) is 16.8 Å². The average Bonchev–Trinajstić information content (AvgIpc) is 3.03. The van der Waals surface area contributed by atoms with E-state index in [0.29, 0.717) is 24.1 Å². The first-order valence-corrected chi connectivity index (χ1v) is 7.96. The summed E-state index contributed by atoms with van der Waals surface area (Å²) in [6, 6.07) is 6.44. The Morgan fingerprint density at radius 1 is 1.25 bits per heavy atom. The molecule has 2 heterocycles. The van der Waals surface area contributed by atoms with Gasteiger partial charge in [-0.2, -0.15) is 5.10 Å². The van der Waals surface area contributed by atoms with Crippen molar-refractivity contribution in [3.8, 4) is 0 Å². The van der Waals surface area contributed by atoms with E-state index in [1.807, 2.05) is 32.9 Å². The van der Waals surface area contributed by atoms with Crippen molar-refractivity contribution in [2.45, 2.75) is 38.8 Å². The van der Waals surface area contributed by atoms with Crippen LogP contribution in [-0.4, -0.2) is 38.2 Å². The number of rotatable bonds is 2. The molecule has 1 N–H and O–H groups in total. The molecule has 1 unspecified atom stereocenters. The van der Waals surface area contributed by atoms with Crippen molar-refractivity contribution in [2.24, 2.45) is 0 Å². The van der Waals surface area contributed by atoms with E-state index in [1.54, 1.807) is 23.0 Å². The minimum Gasteiger partial charge on any atom is -0.479 e. The lowest BCUT2D eigenvalue weighted by atomic mass is 9.92. The second-order valence-corrected chi connectivity index (χ2v) is 7.03. The second kappa shape index (κ2) is 5.78. The summed E-state index contributed by atoms with van der Waals surface area (Å²) in [5.74, 6) is -1.31. The van der Waals surface area contributed by atoms with Crippen LogP contribution in [0.4, 0.5) is 0 Å². The van der Waals surface area contributed by atoms with Gasteiger partial charge < -0.3 is 10.0 Å². The van der Waals surface area contributed by atoms with Crippen LogP contribution in [0.25, 0.3) is 0 Å². The van der Waals surface area contributed by atoms with Crippen LogP contribution in [0, 0.1) is 0 Å². The predicted octanol–water partition coefficient (Wildman–Crippen LogP) is 2.46. The van der Waals surface area contributed by atoms with E-state index in [9.17, 15) is 14.7 Å². The summed E-state index contributed by atoms with van der Waals surface area (Å²) in [6.45, 7) is 6.36. The number of fused-ring (bicyclic) bond motifs is 1. The molecule has 0 saturated heterocycles. The Bertz CT molecular complexity index is 789. The van der Waals surface area contributed by atoms with Gasteiger partial charge in [0.25, 0.3) is 5.91 Å². The Morgan fingerprint density at radius 2 is 1.96 bits per heavy atom. The van der Waals surface area contributed by atoms with Crippen LogP contribution in [0.1, 0.15) is 48.3 Å². The lowest BCUT2D eigenvalue weighted by Crippen LogP contribution is -2.43. The fourth-order valence-electron chi connectivity index (χ4n) is 3.02. The first-order valence-electron chi connectivity index (χ1n) is 7.96. The largest absolute Gasteiger partial charge is 0.479 e. The fourth-order valence-corrected chi connectivity index (χ4v) is 3.02. The maximum atomic E-state index is 12.9. The van der Waals surface area contributed by atoms with Crippen LogP contribution in [0.15, 0.2) is 36.7 Å². The molecule has 0 spiro atoms. The van der Waals surface area contributed by atoms with Gasteiger partial charge in [0, 0.05) is 12.7 Å². The molecule has 0 bridgehead atoms. The molecular weight excluding hydrogens is 306 g/mol. The van der Waals surface area contributed by atoms with Crippen molar-refractivity contribution in [3.63, 3.8) is 0 Å². The Balaban J connectivity index is 1.95. The Kier molecular flexibility index (Phi) is 3.91. The molecule has 0 fully saturated rings. The average molecular weight is 327 g/mol. The van der Waals surface area contributed by atoms with Crippen molar-refractivity contribution in [1.29, 1.82) is 0 Å². The van der Waals surface area contributed by atoms with Crippen molar-refractivity contribution in [3.05, 3.63) is 53.3 Å². The van der Waals surface area contributed by atoms with Crippen LogP contribution >= 0.6 is 0 Å². The summed E-state index contributed by atoms with van der Waals surface area (Å²) in [4.78, 5) is 26.1. The highest BCUT2D eigenvalue weighted by Gasteiger charge is 2.36. The normalized spacial score (nSPS) is 17.5. The quantitative estimate of drug-likeness (QED) is 0.919. The third-order valence-corrected chi connectivity index (χ3v) is 4.30. The molecule has 0 radical (unpaired) electrons. The molecule has 6 nitrogen and oxygen atoms in total. The topological polar surface area (TPSA) is 75.4 Å². The van der Waals surface area contributed by atoms with E-state index in [1.165, 1.54) is 11.1 Å². The zero-order chi connectivity index (χ0) is 17.5. The van der Waals surface area contributed by atoms with Gasteiger partial charge in [-0.25, -0.2) is 4.79 Å². The molecule has 1 aromatic heterocycles. The lowest BCUT2D eigenvalue weighted by molar-refractivity contribution is -0.143. The summed E-state index contributed by atoms with van der Waals surface area (Å²) in [5, 5.41) is 13.9. The minimum absolute atomic E-state index is 0.237. The molecule has 1 amide bonds. The van der Waals surface area contributed by atoms with E-state index in [4.69, 9.17) is 0 Å². The Hall–Kier alpha value is -2.63. The third kappa shape index (κ3) is 2.79. The second-order valence-electron chi connectivity index (χ2n) is 7.03. The summed E-state index contributed by atoms with van der Waals surface area (Å²) >= 11 is 0. The van der Waals surface area contributed by atoms with Crippen molar-refractivity contribution >= 4 is 11.9 Å². The molecule has 0 aliphatic carbocycles. The predicted molar refractivity (Wildman–Crippen MR) is 88.8 cm³/mol. The zero-order valence-corrected chi connectivity index (χ0v) is 14.1. The van der Waals surface area contributed by atoms with Crippen LogP contribution in [0.2, 0.25) is 0 Å². The zero-order valence-electron chi connectivity index (χ0n) is 14.1. The van der Waals surface area contributed by atoms with Gasteiger partial charge in [0.2, 0.25) is 0 Å². The summed E-state index contributed by atoms with van der Waals surface area (Å²) in [6.07, 6.45) is 3.84. The molecule has 2 aromatic rings. The van der Waals surface area contributed by atoms with Crippen LogP contribution in [0.3, 0.4) is 0 Å². The molecule has 1 atom stereocenters. The van der Waals surface area contributed by atoms with Gasteiger partial charge in [-0.15, -0.1) is 0 Å². The van der Waals surface area contributed by atoms with Gasteiger partial charge in [0.05, 0.1) is 17.3 Å². The first-order chi connectivity index (χ1) is 11.3. The number of carboxylic acid groups (broad SMARTS) is 1. The number of carboxylic acids is 1. The van der Waals surface area contributed by atoms with Crippen LogP contribution in [0.5, 0.6) is 0 Å². The number of aliphatic carboxylic acids is 1. The number of hydrogen-bond acceptors (Lipinski definition) is 3. The molecular formula is C18H21N3O3. The standard InChI is InChI=1S/C18H21N3O3/c1-18(2,3)21-11-13(10-19-21)16(22)20-9-8-12-6-4-5-7-14(12)15(20)17(23)24/h4-7,10-11,15H,8-9H2,1-3H3,(H,23,24). The molecule has 3 rings (SSSR count). The maximum Gasteiger partial charge on any atom is 0.331 e. The highest BCUT2D eigenvalue weighted by Crippen LogP contribution is 2.31. The molecule has 0 saturated carbocycles. The molecule has 6 heteroatoms. The van der Waals surface area contributed by atoms with E-state index in [0.717, 1.165) is 5.56 Å². The molecule has 126 valence electrons. The lowest BCUT2D eigenvalue weighted by Gasteiger charge is -2.34. The van der Waals surface area contributed by atoms with Gasteiger partial charge in [0.1, 0.15) is 0 Å². The number of benzene rings is 1. The monoisotopic (exact) mass is 327 g/mol. The highest BCUT2D eigenvalue weighted by molar-refractivity contribution is 5.96. The van der Waals surface area contributed by atoms with Gasteiger partial charge in [-0.05, 0) is 38.3 Å². The van der Waals surface area contributed by atoms with Crippen molar-refractivity contribution in [2.75, 3.05) is 6.54 Å². The van der Waals surface area contributed by atoms with Crippen molar-refractivity contribution < 1.29 is 14.7 Å². The first kappa shape index (κ1) is 16.2. The van der Waals surface area contributed by atoms with E-state index in [-0.39, 0.29) is 11.4 Å². The third-order valence-electron chi connectivity index (χ3n) is 4.30. The van der Waals surface area contributed by atoms with Gasteiger partial charge in [0.15, 0.2) is 6.04 Å². The molecule has 1 aliphatic heterocycles. The summed E-state index contributed by atoms with van der Waals surface area (Å²) in [7, 11) is 0. The Labute approximate surface area is 140 Å². The summed E-state index contributed by atoms with van der Waals surface area (Å²) in [5.41, 5.74) is 1.85. The highest BCUT2D eigenvalue weighted by atomic mass is 16.4. The molecule has 1 aliphatic rings. The van der Waals surface area contributed by atoms with E-state index >= 15 is 0 Å². The summed E-state index contributed by atoms with van der Waals surface area (Å²) < 4.78 is 1.72. The smallest absolute Gasteiger partial charge is 0.331 e. The SMILES string of the molecule is CC(C)(C)n1cc(C(=O)N2CCc3ccccc3C2C(=O)O)cn1. The number of carbonyl (C=O) groups is 2. The van der Waals surface area contributed by atoms with E-state index in [2.05, 4.69) is 5.10 Å². The molecule has 1 aromatic carbocycles. The van der Waals surface area contributed by atoms with Gasteiger partial charge in [-0.3, -0.25) is 9.48 Å².